The molecule has 0 aliphatic carbocycles. The molecule has 0 spiro atoms. The zero-order valence-electron chi connectivity index (χ0n) is 12.3. The van der Waals surface area contributed by atoms with Gasteiger partial charge < -0.3 is 9.72 Å². The fourth-order valence-corrected chi connectivity index (χ4v) is 2.15. The number of imidazole rings is 1. The van der Waals surface area contributed by atoms with E-state index in [1.165, 1.54) is 24.5 Å². The van der Waals surface area contributed by atoms with Gasteiger partial charge in [-0.05, 0) is 18.2 Å². The lowest BCUT2D eigenvalue weighted by Gasteiger charge is -2.04. The molecule has 8 heteroatoms. The van der Waals surface area contributed by atoms with Crippen molar-refractivity contribution >= 4 is 28.5 Å². The van der Waals surface area contributed by atoms with Crippen molar-refractivity contribution in [1.82, 2.24) is 9.97 Å². The van der Waals surface area contributed by atoms with Gasteiger partial charge in [0.2, 0.25) is 5.78 Å². The van der Waals surface area contributed by atoms with Gasteiger partial charge in [0.25, 0.3) is 5.69 Å². The lowest BCUT2D eigenvalue weighted by atomic mass is 10.1. The smallest absolute Gasteiger partial charge is 0.338 e. The molecule has 0 fully saturated rings. The highest BCUT2D eigenvalue weighted by Crippen LogP contribution is 2.15. The first-order valence-electron chi connectivity index (χ1n) is 6.92. The molecule has 120 valence electrons. The second kappa shape index (κ2) is 6.29. The third-order valence-electron chi connectivity index (χ3n) is 3.37. The first-order valence-corrected chi connectivity index (χ1v) is 6.92. The number of esters is 1. The number of hydrogen-bond acceptors (Lipinski definition) is 6. The molecule has 24 heavy (non-hydrogen) atoms. The Morgan fingerprint density at radius 2 is 2.00 bits per heavy atom. The molecule has 1 N–H and O–H groups in total. The molecule has 0 saturated heterocycles. The van der Waals surface area contributed by atoms with Crippen LogP contribution in [0.25, 0.3) is 11.0 Å². The number of carbonyl (C=O) groups is 2. The van der Waals surface area contributed by atoms with Gasteiger partial charge in [-0.25, -0.2) is 9.78 Å². The van der Waals surface area contributed by atoms with Crippen molar-refractivity contribution in [2.45, 2.75) is 0 Å². The number of nitro benzene ring substituents is 1. The Kier molecular flexibility index (Phi) is 4.02. The van der Waals surface area contributed by atoms with Gasteiger partial charge in [0.15, 0.2) is 6.61 Å². The molecular formula is C16H11N3O5. The summed E-state index contributed by atoms with van der Waals surface area (Å²) in [5, 5.41) is 10.7. The minimum absolute atomic E-state index is 0.112. The van der Waals surface area contributed by atoms with E-state index in [2.05, 4.69) is 9.97 Å². The van der Waals surface area contributed by atoms with E-state index in [1.807, 2.05) is 0 Å². The summed E-state index contributed by atoms with van der Waals surface area (Å²) in [4.78, 5) is 41.0. The first-order chi connectivity index (χ1) is 11.5. The molecule has 0 saturated carbocycles. The topological polar surface area (TPSA) is 115 Å². The Hall–Kier alpha value is -3.55. The molecule has 1 heterocycles. The van der Waals surface area contributed by atoms with Crippen LogP contribution in [0.3, 0.4) is 0 Å². The maximum atomic E-state index is 12.0. The van der Waals surface area contributed by atoms with Crippen LogP contribution in [0, 0.1) is 10.1 Å². The number of carbonyl (C=O) groups excluding carboxylic acids is 2. The number of benzene rings is 2. The molecule has 0 radical (unpaired) electrons. The van der Waals surface area contributed by atoms with Crippen LogP contribution in [0.5, 0.6) is 0 Å². The lowest BCUT2D eigenvalue weighted by molar-refractivity contribution is -0.384. The predicted molar refractivity (Wildman–Crippen MR) is 83.8 cm³/mol. The largest absolute Gasteiger partial charge is 0.454 e. The molecule has 2 aromatic carbocycles. The number of hydrogen-bond donors (Lipinski definition) is 1. The molecule has 3 aromatic rings. The van der Waals surface area contributed by atoms with Gasteiger partial charge >= 0.3 is 5.97 Å². The van der Waals surface area contributed by atoms with Crippen molar-refractivity contribution in [2.75, 3.05) is 6.61 Å². The fourth-order valence-electron chi connectivity index (χ4n) is 2.15. The van der Waals surface area contributed by atoms with Crippen LogP contribution in [-0.2, 0) is 4.74 Å². The van der Waals surface area contributed by atoms with E-state index >= 15 is 0 Å². The zero-order chi connectivity index (χ0) is 17.1. The molecule has 0 aliphatic rings. The summed E-state index contributed by atoms with van der Waals surface area (Å²) in [5.41, 5.74) is 1.57. The number of ketones is 1. The van der Waals surface area contributed by atoms with Gasteiger partial charge in [0.05, 0.1) is 27.8 Å². The number of nitrogens with one attached hydrogen (secondary N) is 1. The van der Waals surface area contributed by atoms with E-state index in [0.717, 1.165) is 6.07 Å². The van der Waals surface area contributed by atoms with Crippen molar-refractivity contribution in [3.63, 3.8) is 0 Å². The molecule has 8 nitrogen and oxygen atoms in total. The van der Waals surface area contributed by atoms with Crippen molar-refractivity contribution in [2.24, 2.45) is 0 Å². The van der Waals surface area contributed by atoms with E-state index in [-0.39, 0.29) is 16.8 Å². The fraction of sp³-hybridized carbons (Fsp3) is 0.0625. The average Bonchev–Trinajstić information content (AvgIpc) is 3.07. The van der Waals surface area contributed by atoms with Crippen molar-refractivity contribution in [3.05, 3.63) is 70.0 Å². The normalized spacial score (nSPS) is 10.5. The van der Waals surface area contributed by atoms with Crippen molar-refractivity contribution in [3.8, 4) is 0 Å². The number of Topliss-reactive ketones (excluding diaryl/α,β-unsaturated/α-hetero) is 1. The minimum Gasteiger partial charge on any atom is -0.454 e. The van der Waals surface area contributed by atoms with Gasteiger partial charge in [0, 0.05) is 17.7 Å². The molecule has 0 unspecified atom stereocenters. The molecule has 0 bridgehead atoms. The Morgan fingerprint density at radius 3 is 2.79 bits per heavy atom. The molecule has 0 atom stereocenters. The molecule has 0 amide bonds. The van der Waals surface area contributed by atoms with E-state index in [0.29, 0.717) is 11.0 Å². The summed E-state index contributed by atoms with van der Waals surface area (Å²) in [5.74, 6) is -1.18. The maximum Gasteiger partial charge on any atom is 0.338 e. The second-order valence-electron chi connectivity index (χ2n) is 4.94. The van der Waals surface area contributed by atoms with E-state index in [4.69, 9.17) is 4.74 Å². The van der Waals surface area contributed by atoms with Crippen LogP contribution in [0.15, 0.2) is 48.8 Å². The summed E-state index contributed by atoms with van der Waals surface area (Å²) < 4.78 is 4.98. The standard InChI is InChI=1S/C16H11N3O5/c20-15(10-2-1-3-12(6-10)19(22)23)8-24-16(21)11-4-5-13-14(7-11)18-9-17-13/h1-7,9H,8H2,(H,17,18). The Labute approximate surface area is 135 Å². The molecule has 1 aromatic heterocycles. The summed E-state index contributed by atoms with van der Waals surface area (Å²) in [6.07, 6.45) is 1.51. The number of rotatable bonds is 5. The van der Waals surface area contributed by atoms with Crippen LogP contribution in [0.2, 0.25) is 0 Å². The maximum absolute atomic E-state index is 12.0. The number of non-ortho nitro benzene ring substituents is 1. The Balaban J connectivity index is 1.68. The van der Waals surface area contributed by atoms with E-state index in [9.17, 15) is 19.7 Å². The predicted octanol–water partition coefficient (Wildman–Crippen LogP) is 2.51. The number of ether oxygens (including phenoxy) is 1. The number of nitrogens with zero attached hydrogens (tertiary/aromatic N) is 2. The lowest BCUT2D eigenvalue weighted by Crippen LogP contribution is -2.14. The summed E-state index contributed by atoms with van der Waals surface area (Å²) in [6, 6.07) is 10.0. The second-order valence-corrected chi connectivity index (χ2v) is 4.94. The SMILES string of the molecule is O=C(COC(=O)c1ccc2nc[nH]c2c1)c1cccc([N+](=O)[O-])c1. The highest BCUT2D eigenvalue weighted by Gasteiger charge is 2.15. The first kappa shape index (κ1) is 15.3. The number of H-pyrrole nitrogens is 1. The summed E-state index contributed by atoms with van der Waals surface area (Å²) in [6.45, 7) is -0.499. The van der Waals surface area contributed by atoms with Gasteiger partial charge in [-0.1, -0.05) is 12.1 Å². The quantitative estimate of drug-likeness (QED) is 0.333. The minimum atomic E-state index is -0.662. The molecule has 3 rings (SSSR count). The van der Waals surface area contributed by atoms with Crippen LogP contribution >= 0.6 is 0 Å². The number of fused-ring (bicyclic) bond motifs is 1. The summed E-state index contributed by atoms with van der Waals surface area (Å²) in [7, 11) is 0. The Bertz CT molecular complexity index is 948. The Morgan fingerprint density at radius 1 is 1.17 bits per heavy atom. The van der Waals surface area contributed by atoms with Crippen LogP contribution in [0.4, 0.5) is 5.69 Å². The van der Waals surface area contributed by atoms with Crippen LogP contribution in [0.1, 0.15) is 20.7 Å². The van der Waals surface area contributed by atoms with E-state index in [1.54, 1.807) is 18.2 Å². The highest BCUT2D eigenvalue weighted by atomic mass is 16.6. The number of aromatic amines is 1. The van der Waals surface area contributed by atoms with Crippen molar-refractivity contribution < 1.29 is 19.2 Å². The number of nitro groups is 1. The third-order valence-corrected chi connectivity index (χ3v) is 3.37. The monoisotopic (exact) mass is 325 g/mol. The summed E-state index contributed by atoms with van der Waals surface area (Å²) >= 11 is 0. The van der Waals surface area contributed by atoms with Crippen LogP contribution in [-0.4, -0.2) is 33.3 Å². The average molecular weight is 325 g/mol. The highest BCUT2D eigenvalue weighted by molar-refractivity contribution is 6.00. The van der Waals surface area contributed by atoms with Crippen LogP contribution < -0.4 is 0 Å². The zero-order valence-corrected chi connectivity index (χ0v) is 12.3. The van der Waals surface area contributed by atoms with E-state index < -0.39 is 23.3 Å². The van der Waals surface area contributed by atoms with Gasteiger partial charge in [-0.15, -0.1) is 0 Å². The third kappa shape index (κ3) is 3.12. The van der Waals surface area contributed by atoms with Gasteiger partial charge in [-0.2, -0.15) is 0 Å². The molecular weight excluding hydrogens is 314 g/mol. The van der Waals surface area contributed by atoms with Gasteiger partial charge in [0.1, 0.15) is 0 Å². The van der Waals surface area contributed by atoms with Gasteiger partial charge in [-0.3, -0.25) is 14.9 Å². The molecule has 0 aliphatic heterocycles. The van der Waals surface area contributed by atoms with Crippen molar-refractivity contribution in [1.29, 1.82) is 0 Å². The number of aromatic nitrogens is 2.